The standard InChI is InChI=1S/C28H22N4O3S/c1-35-22-13-7-18(8-14-22)15-25-30-23(16-26(33)32-25)27(34)29-21-11-9-19(10-12-21)24-17-36-28(31-24)20-5-3-2-4-6-20/h2-14,16-17H,15H2,1H3,(H,29,34)(H,30,32,33). The monoisotopic (exact) mass is 494 g/mol. The Morgan fingerprint density at radius 2 is 1.69 bits per heavy atom. The van der Waals surface area contributed by atoms with Crippen molar-refractivity contribution < 1.29 is 9.53 Å². The van der Waals surface area contributed by atoms with Crippen LogP contribution in [0.3, 0.4) is 0 Å². The molecule has 0 saturated heterocycles. The van der Waals surface area contributed by atoms with E-state index in [1.165, 1.54) is 6.07 Å². The zero-order chi connectivity index (χ0) is 24.9. The molecule has 8 heteroatoms. The van der Waals surface area contributed by atoms with E-state index in [1.807, 2.05) is 72.1 Å². The summed E-state index contributed by atoms with van der Waals surface area (Å²) in [5.41, 5.74) is 4.10. The Morgan fingerprint density at radius 1 is 0.944 bits per heavy atom. The van der Waals surface area contributed by atoms with Crippen molar-refractivity contribution in [2.45, 2.75) is 6.42 Å². The summed E-state index contributed by atoms with van der Waals surface area (Å²) in [7, 11) is 1.60. The molecule has 2 aromatic heterocycles. The third kappa shape index (κ3) is 5.39. The van der Waals surface area contributed by atoms with Gasteiger partial charge in [-0.05, 0) is 29.8 Å². The van der Waals surface area contributed by atoms with E-state index in [0.717, 1.165) is 33.1 Å². The van der Waals surface area contributed by atoms with E-state index in [0.29, 0.717) is 17.9 Å². The predicted octanol–water partition coefficient (Wildman–Crippen LogP) is 5.41. The molecule has 0 atom stereocenters. The highest BCUT2D eigenvalue weighted by molar-refractivity contribution is 7.13. The van der Waals surface area contributed by atoms with Crippen LogP contribution in [-0.2, 0) is 6.42 Å². The van der Waals surface area contributed by atoms with E-state index in [4.69, 9.17) is 9.72 Å². The lowest BCUT2D eigenvalue weighted by Crippen LogP contribution is -2.20. The van der Waals surface area contributed by atoms with Crippen LogP contribution in [0.4, 0.5) is 5.69 Å². The maximum absolute atomic E-state index is 12.8. The van der Waals surface area contributed by atoms with Crippen molar-refractivity contribution in [3.63, 3.8) is 0 Å². The minimum Gasteiger partial charge on any atom is -0.497 e. The van der Waals surface area contributed by atoms with Gasteiger partial charge in [0.2, 0.25) is 0 Å². The molecule has 0 aliphatic rings. The molecule has 0 fully saturated rings. The number of carbonyl (C=O) groups is 1. The second-order valence-corrected chi connectivity index (χ2v) is 8.90. The molecule has 0 unspecified atom stereocenters. The van der Waals surface area contributed by atoms with Crippen LogP contribution in [0, 0.1) is 0 Å². The average molecular weight is 495 g/mol. The number of aromatic amines is 1. The van der Waals surface area contributed by atoms with Crippen LogP contribution >= 0.6 is 11.3 Å². The summed E-state index contributed by atoms with van der Waals surface area (Å²) >= 11 is 1.59. The first-order chi connectivity index (χ1) is 17.6. The molecule has 0 bridgehead atoms. The Morgan fingerprint density at radius 3 is 2.42 bits per heavy atom. The summed E-state index contributed by atoms with van der Waals surface area (Å²) in [6.45, 7) is 0. The largest absolute Gasteiger partial charge is 0.497 e. The topological polar surface area (TPSA) is 97.0 Å². The van der Waals surface area contributed by atoms with Crippen LogP contribution in [0.5, 0.6) is 5.75 Å². The van der Waals surface area contributed by atoms with E-state index in [1.54, 1.807) is 30.6 Å². The second-order valence-electron chi connectivity index (χ2n) is 8.04. The van der Waals surface area contributed by atoms with Gasteiger partial charge in [-0.25, -0.2) is 9.97 Å². The first kappa shape index (κ1) is 23.2. The summed E-state index contributed by atoms with van der Waals surface area (Å²) < 4.78 is 5.17. The molecule has 1 amide bonds. The quantitative estimate of drug-likeness (QED) is 0.315. The first-order valence-corrected chi connectivity index (χ1v) is 12.1. The van der Waals surface area contributed by atoms with Gasteiger partial charge in [-0.15, -0.1) is 11.3 Å². The number of H-pyrrole nitrogens is 1. The molecule has 3 aromatic carbocycles. The summed E-state index contributed by atoms with van der Waals surface area (Å²) in [6.07, 6.45) is 0.383. The lowest BCUT2D eigenvalue weighted by molar-refractivity contribution is 0.102. The van der Waals surface area contributed by atoms with Crippen molar-refractivity contribution >= 4 is 22.9 Å². The number of methoxy groups -OCH3 is 1. The molecule has 7 nitrogen and oxygen atoms in total. The Hall–Kier alpha value is -4.56. The zero-order valence-corrected chi connectivity index (χ0v) is 20.2. The Kier molecular flexibility index (Phi) is 6.68. The number of anilines is 1. The molecule has 36 heavy (non-hydrogen) atoms. The molecule has 5 rings (SSSR count). The number of amides is 1. The highest BCUT2D eigenvalue weighted by Gasteiger charge is 2.12. The van der Waals surface area contributed by atoms with Crippen molar-refractivity contribution in [2.75, 3.05) is 12.4 Å². The van der Waals surface area contributed by atoms with Gasteiger partial charge in [0.05, 0.1) is 12.8 Å². The number of nitrogens with one attached hydrogen (secondary N) is 2. The van der Waals surface area contributed by atoms with Crippen LogP contribution in [0.2, 0.25) is 0 Å². The van der Waals surface area contributed by atoms with Gasteiger partial charge in [0.25, 0.3) is 11.5 Å². The smallest absolute Gasteiger partial charge is 0.274 e. The van der Waals surface area contributed by atoms with Gasteiger partial charge in [0.1, 0.15) is 22.3 Å². The average Bonchev–Trinajstić information content (AvgIpc) is 3.40. The molecule has 178 valence electrons. The number of hydrogen-bond donors (Lipinski definition) is 2. The fourth-order valence-electron chi connectivity index (χ4n) is 3.68. The van der Waals surface area contributed by atoms with Crippen LogP contribution in [0.15, 0.2) is 95.1 Å². The SMILES string of the molecule is COc1ccc(Cc2nc(C(=O)Nc3ccc(-c4csc(-c5ccccc5)n4)cc3)cc(=O)[nH]2)cc1. The summed E-state index contributed by atoms with van der Waals surface area (Å²) in [5.74, 6) is 0.696. The fraction of sp³-hybridized carbons (Fsp3) is 0.0714. The molecule has 2 heterocycles. The number of aromatic nitrogens is 3. The Bertz CT molecular complexity index is 1540. The van der Waals surface area contributed by atoms with Gasteiger partial charge in [-0.2, -0.15) is 0 Å². The van der Waals surface area contributed by atoms with Gasteiger partial charge < -0.3 is 15.0 Å². The summed E-state index contributed by atoms with van der Waals surface area (Å²) in [6, 6.07) is 26.1. The van der Waals surface area contributed by atoms with E-state index in [2.05, 4.69) is 15.3 Å². The van der Waals surface area contributed by atoms with Gasteiger partial charge in [-0.1, -0.05) is 54.6 Å². The molecule has 0 spiro atoms. The number of rotatable bonds is 7. The third-order valence-corrected chi connectivity index (χ3v) is 6.41. The van der Waals surface area contributed by atoms with E-state index in [9.17, 15) is 9.59 Å². The molecule has 5 aromatic rings. The first-order valence-electron chi connectivity index (χ1n) is 11.2. The zero-order valence-electron chi connectivity index (χ0n) is 19.4. The second kappa shape index (κ2) is 10.4. The van der Waals surface area contributed by atoms with Gasteiger partial charge in [0.15, 0.2) is 0 Å². The number of carbonyl (C=O) groups excluding carboxylic acids is 1. The number of benzene rings is 3. The molecule has 2 N–H and O–H groups in total. The van der Waals surface area contributed by atoms with Crippen molar-refractivity contribution in [3.05, 3.63) is 118 Å². The van der Waals surface area contributed by atoms with E-state index in [-0.39, 0.29) is 11.3 Å². The van der Waals surface area contributed by atoms with E-state index < -0.39 is 5.91 Å². The van der Waals surface area contributed by atoms with E-state index >= 15 is 0 Å². The minimum atomic E-state index is -0.454. The van der Waals surface area contributed by atoms with Gasteiger partial charge in [-0.3, -0.25) is 9.59 Å². The van der Waals surface area contributed by atoms with Crippen LogP contribution in [-0.4, -0.2) is 28.0 Å². The van der Waals surface area contributed by atoms with Crippen LogP contribution < -0.4 is 15.6 Å². The summed E-state index contributed by atoms with van der Waals surface area (Å²) in [5, 5.41) is 5.78. The predicted molar refractivity (Wildman–Crippen MR) is 142 cm³/mol. The van der Waals surface area contributed by atoms with Crippen LogP contribution in [0.25, 0.3) is 21.8 Å². The molecule has 0 aliphatic heterocycles. The van der Waals surface area contributed by atoms with Crippen LogP contribution in [0.1, 0.15) is 21.9 Å². The Balaban J connectivity index is 1.28. The number of nitrogens with zero attached hydrogens (tertiary/aromatic N) is 2. The van der Waals surface area contributed by atoms with Gasteiger partial charge >= 0.3 is 0 Å². The van der Waals surface area contributed by atoms with Crippen molar-refractivity contribution in [3.8, 4) is 27.6 Å². The highest BCUT2D eigenvalue weighted by Crippen LogP contribution is 2.29. The number of thiazole rings is 1. The summed E-state index contributed by atoms with van der Waals surface area (Å²) in [4.78, 5) is 36.8. The molecular formula is C28H22N4O3S. The number of hydrogen-bond acceptors (Lipinski definition) is 6. The van der Waals surface area contributed by atoms with Crippen molar-refractivity contribution in [1.82, 2.24) is 15.0 Å². The highest BCUT2D eigenvalue weighted by atomic mass is 32.1. The van der Waals surface area contributed by atoms with Crippen molar-refractivity contribution in [2.24, 2.45) is 0 Å². The normalized spacial score (nSPS) is 10.7. The van der Waals surface area contributed by atoms with Gasteiger partial charge in [0, 0.05) is 34.7 Å². The third-order valence-electron chi connectivity index (χ3n) is 5.52. The lowest BCUT2D eigenvalue weighted by atomic mass is 10.1. The lowest BCUT2D eigenvalue weighted by Gasteiger charge is -2.07. The molecule has 0 aliphatic carbocycles. The number of ether oxygens (including phenoxy) is 1. The fourth-order valence-corrected chi connectivity index (χ4v) is 4.52. The molecular weight excluding hydrogens is 472 g/mol. The minimum absolute atomic E-state index is 0.0540. The molecule has 0 radical (unpaired) electrons. The maximum atomic E-state index is 12.8. The Labute approximate surface area is 211 Å². The van der Waals surface area contributed by atoms with Crippen molar-refractivity contribution in [1.29, 1.82) is 0 Å². The molecule has 0 saturated carbocycles. The maximum Gasteiger partial charge on any atom is 0.274 e.